The fourth-order valence-electron chi connectivity index (χ4n) is 2.10. The summed E-state index contributed by atoms with van der Waals surface area (Å²) >= 11 is 0. The minimum Gasteiger partial charge on any atom is -0.394 e. The number of nitrogens with two attached hydrogens (primary N) is 1. The number of piperidine rings is 1. The lowest BCUT2D eigenvalue weighted by Gasteiger charge is -2.35. The van der Waals surface area contributed by atoms with E-state index < -0.39 is 5.91 Å². The second-order valence-corrected chi connectivity index (χ2v) is 4.17. The summed E-state index contributed by atoms with van der Waals surface area (Å²) in [5, 5.41) is 17.1. The zero-order valence-electron chi connectivity index (χ0n) is 9.54. The van der Waals surface area contributed by atoms with Crippen LogP contribution in [0.5, 0.6) is 0 Å². The van der Waals surface area contributed by atoms with Crippen molar-refractivity contribution in [1.82, 2.24) is 10.2 Å². The van der Waals surface area contributed by atoms with Crippen molar-refractivity contribution in [2.45, 2.75) is 25.3 Å². The van der Waals surface area contributed by atoms with Gasteiger partial charge in [-0.15, -0.1) is 10.2 Å². The number of aromatic nitrogens is 2. The Morgan fingerprint density at radius 3 is 2.88 bits per heavy atom. The molecule has 1 fully saturated rings. The molecule has 6 heteroatoms. The first kappa shape index (κ1) is 11.8. The number of hydrogen-bond acceptors (Lipinski definition) is 5. The number of aliphatic hydroxyl groups is 1. The lowest BCUT2D eigenvalue weighted by atomic mass is 10.0. The van der Waals surface area contributed by atoms with Gasteiger partial charge in [-0.2, -0.15) is 0 Å². The predicted octanol–water partition coefficient (Wildman–Crippen LogP) is -0.0733. The monoisotopic (exact) mass is 236 g/mol. The Bertz CT molecular complexity index is 393. The van der Waals surface area contributed by atoms with Crippen molar-refractivity contribution in [3.05, 3.63) is 17.8 Å². The Morgan fingerprint density at radius 1 is 1.47 bits per heavy atom. The van der Waals surface area contributed by atoms with Gasteiger partial charge < -0.3 is 15.7 Å². The van der Waals surface area contributed by atoms with Crippen LogP contribution in [-0.4, -0.2) is 40.4 Å². The molecule has 2 rings (SSSR count). The molecule has 3 N–H and O–H groups in total. The summed E-state index contributed by atoms with van der Waals surface area (Å²) in [6.45, 7) is 0.967. The maximum atomic E-state index is 10.9. The summed E-state index contributed by atoms with van der Waals surface area (Å²) in [5.41, 5.74) is 5.26. The number of nitrogens with zero attached hydrogens (tertiary/aromatic N) is 3. The number of aliphatic hydroxyl groups excluding tert-OH is 1. The van der Waals surface area contributed by atoms with E-state index in [1.54, 1.807) is 12.1 Å². The van der Waals surface area contributed by atoms with E-state index in [4.69, 9.17) is 5.73 Å². The molecule has 0 radical (unpaired) electrons. The van der Waals surface area contributed by atoms with Gasteiger partial charge in [0, 0.05) is 6.54 Å². The first-order valence-electron chi connectivity index (χ1n) is 5.73. The van der Waals surface area contributed by atoms with E-state index in [0.29, 0.717) is 5.82 Å². The van der Waals surface area contributed by atoms with Crippen molar-refractivity contribution in [2.75, 3.05) is 18.1 Å². The van der Waals surface area contributed by atoms with Crippen molar-refractivity contribution in [2.24, 2.45) is 5.73 Å². The Morgan fingerprint density at radius 2 is 2.29 bits per heavy atom. The van der Waals surface area contributed by atoms with Crippen LogP contribution in [-0.2, 0) is 0 Å². The van der Waals surface area contributed by atoms with Crippen LogP contribution in [0.15, 0.2) is 12.1 Å². The van der Waals surface area contributed by atoms with E-state index in [1.165, 1.54) is 0 Å². The zero-order valence-corrected chi connectivity index (χ0v) is 9.54. The second-order valence-electron chi connectivity index (χ2n) is 4.17. The highest BCUT2D eigenvalue weighted by Crippen LogP contribution is 2.22. The van der Waals surface area contributed by atoms with E-state index in [2.05, 4.69) is 10.2 Å². The average molecular weight is 236 g/mol. The van der Waals surface area contributed by atoms with Gasteiger partial charge in [0.05, 0.1) is 12.6 Å². The highest BCUT2D eigenvalue weighted by molar-refractivity contribution is 5.90. The third kappa shape index (κ3) is 2.52. The molecule has 92 valence electrons. The van der Waals surface area contributed by atoms with Crippen molar-refractivity contribution in [1.29, 1.82) is 0 Å². The summed E-state index contributed by atoms with van der Waals surface area (Å²) in [5.74, 6) is 0.107. The molecule has 0 bridgehead atoms. The van der Waals surface area contributed by atoms with Crippen LogP contribution in [0, 0.1) is 0 Å². The maximum absolute atomic E-state index is 10.9. The smallest absolute Gasteiger partial charge is 0.269 e. The van der Waals surface area contributed by atoms with Gasteiger partial charge in [0.1, 0.15) is 0 Å². The minimum atomic E-state index is -0.582. The maximum Gasteiger partial charge on any atom is 0.269 e. The van der Waals surface area contributed by atoms with Gasteiger partial charge >= 0.3 is 0 Å². The average Bonchev–Trinajstić information content (AvgIpc) is 2.39. The number of primary amides is 1. The van der Waals surface area contributed by atoms with Gasteiger partial charge in [0.2, 0.25) is 0 Å². The summed E-state index contributed by atoms with van der Waals surface area (Å²) in [4.78, 5) is 12.9. The van der Waals surface area contributed by atoms with Crippen LogP contribution >= 0.6 is 0 Å². The lowest BCUT2D eigenvalue weighted by molar-refractivity contribution is 0.0994. The van der Waals surface area contributed by atoms with E-state index in [1.807, 2.05) is 4.90 Å². The van der Waals surface area contributed by atoms with Crippen LogP contribution in [0.2, 0.25) is 0 Å². The van der Waals surface area contributed by atoms with E-state index in [0.717, 1.165) is 25.8 Å². The molecular weight excluding hydrogens is 220 g/mol. The topological polar surface area (TPSA) is 92.3 Å². The Hall–Kier alpha value is -1.69. The normalized spacial score (nSPS) is 20.3. The molecule has 0 aliphatic carbocycles. The zero-order chi connectivity index (χ0) is 12.3. The van der Waals surface area contributed by atoms with Crippen molar-refractivity contribution < 1.29 is 9.90 Å². The molecule has 1 atom stereocenters. The van der Waals surface area contributed by atoms with E-state index in [9.17, 15) is 9.90 Å². The summed E-state index contributed by atoms with van der Waals surface area (Å²) in [6.07, 6.45) is 3.15. The molecule has 1 aromatic heterocycles. The van der Waals surface area contributed by atoms with Crippen molar-refractivity contribution in [3.63, 3.8) is 0 Å². The summed E-state index contributed by atoms with van der Waals surface area (Å²) in [6, 6.07) is 3.38. The van der Waals surface area contributed by atoms with Gasteiger partial charge in [0.25, 0.3) is 5.91 Å². The van der Waals surface area contributed by atoms with Gasteiger partial charge in [0.15, 0.2) is 11.5 Å². The lowest BCUT2D eigenvalue weighted by Crippen LogP contribution is -2.42. The Kier molecular flexibility index (Phi) is 3.53. The molecule has 1 aromatic rings. The fraction of sp³-hybridized carbons (Fsp3) is 0.545. The molecule has 1 aliphatic heterocycles. The molecule has 2 heterocycles. The van der Waals surface area contributed by atoms with Crippen LogP contribution in [0.1, 0.15) is 29.8 Å². The highest BCUT2D eigenvalue weighted by atomic mass is 16.3. The van der Waals surface area contributed by atoms with Crippen LogP contribution < -0.4 is 10.6 Å². The molecule has 1 amide bonds. The number of carbonyl (C=O) groups is 1. The Labute approximate surface area is 99.4 Å². The molecule has 1 aliphatic rings. The number of hydrogen-bond donors (Lipinski definition) is 2. The minimum absolute atomic E-state index is 0.0949. The molecular formula is C11H16N4O2. The second kappa shape index (κ2) is 5.09. The molecule has 17 heavy (non-hydrogen) atoms. The standard InChI is InChI=1S/C11H16N4O2/c12-11(17)9-4-5-10(14-13-9)15-6-2-1-3-8(15)7-16/h4-5,8,16H,1-3,6-7H2,(H2,12,17). The SMILES string of the molecule is NC(=O)c1ccc(N2CCCCC2CO)nn1. The highest BCUT2D eigenvalue weighted by Gasteiger charge is 2.23. The predicted molar refractivity (Wildman–Crippen MR) is 62.6 cm³/mol. The molecule has 0 aromatic carbocycles. The number of carbonyl (C=O) groups excluding carboxylic acids is 1. The van der Waals surface area contributed by atoms with Crippen LogP contribution in [0.3, 0.4) is 0 Å². The first-order chi connectivity index (χ1) is 8.22. The van der Waals surface area contributed by atoms with Crippen LogP contribution in [0.25, 0.3) is 0 Å². The third-order valence-electron chi connectivity index (χ3n) is 3.04. The largest absolute Gasteiger partial charge is 0.394 e. The number of anilines is 1. The van der Waals surface area contributed by atoms with E-state index in [-0.39, 0.29) is 18.3 Å². The Balaban J connectivity index is 2.17. The molecule has 6 nitrogen and oxygen atoms in total. The molecule has 0 spiro atoms. The number of rotatable bonds is 3. The van der Waals surface area contributed by atoms with Gasteiger partial charge in [-0.3, -0.25) is 4.79 Å². The van der Waals surface area contributed by atoms with Gasteiger partial charge in [-0.1, -0.05) is 0 Å². The quantitative estimate of drug-likeness (QED) is 0.766. The molecule has 1 unspecified atom stereocenters. The van der Waals surface area contributed by atoms with Gasteiger partial charge in [-0.25, -0.2) is 0 Å². The third-order valence-corrected chi connectivity index (χ3v) is 3.04. The summed E-state index contributed by atoms with van der Waals surface area (Å²) < 4.78 is 0. The molecule has 0 saturated carbocycles. The number of amides is 1. The van der Waals surface area contributed by atoms with Crippen LogP contribution in [0.4, 0.5) is 5.82 Å². The summed E-state index contributed by atoms with van der Waals surface area (Å²) in [7, 11) is 0. The first-order valence-corrected chi connectivity index (χ1v) is 5.73. The fourth-order valence-corrected chi connectivity index (χ4v) is 2.10. The van der Waals surface area contributed by atoms with Crippen molar-refractivity contribution >= 4 is 11.7 Å². The van der Waals surface area contributed by atoms with Crippen molar-refractivity contribution in [3.8, 4) is 0 Å². The molecule has 1 saturated heterocycles. The van der Waals surface area contributed by atoms with Gasteiger partial charge in [-0.05, 0) is 31.4 Å². The van der Waals surface area contributed by atoms with E-state index >= 15 is 0 Å².